The van der Waals surface area contributed by atoms with E-state index in [1.54, 1.807) is 22.9 Å². The van der Waals surface area contributed by atoms with Crippen molar-refractivity contribution < 1.29 is 0 Å². The summed E-state index contributed by atoms with van der Waals surface area (Å²) >= 11 is 7.61. The number of hydrogen-bond donors (Lipinski definition) is 1. The summed E-state index contributed by atoms with van der Waals surface area (Å²) in [5, 5.41) is 1.29. The molecule has 26 heavy (non-hydrogen) atoms. The molecule has 0 aliphatic heterocycles. The first-order valence-corrected chi connectivity index (χ1v) is 9.88. The third-order valence-electron chi connectivity index (χ3n) is 4.08. The molecule has 1 N–H and O–H groups in total. The van der Waals surface area contributed by atoms with Crippen molar-refractivity contribution in [2.75, 3.05) is 0 Å². The number of H-pyrrole nitrogens is 1. The van der Waals surface area contributed by atoms with E-state index in [4.69, 9.17) is 11.6 Å². The molecule has 0 fully saturated rings. The molecule has 7 nitrogen and oxygen atoms in total. The Morgan fingerprint density at radius 3 is 2.77 bits per heavy atom. The molecule has 0 atom stereocenters. The van der Waals surface area contributed by atoms with E-state index < -0.39 is 11.2 Å². The van der Waals surface area contributed by atoms with Gasteiger partial charge in [-0.25, -0.2) is 14.8 Å². The van der Waals surface area contributed by atoms with E-state index in [1.165, 1.54) is 11.8 Å². The second-order valence-electron chi connectivity index (χ2n) is 5.79. The fourth-order valence-corrected chi connectivity index (χ4v) is 3.92. The molecule has 0 amide bonds. The highest BCUT2D eigenvalue weighted by atomic mass is 35.5. The van der Waals surface area contributed by atoms with Gasteiger partial charge in [-0.15, -0.1) is 0 Å². The highest BCUT2D eigenvalue weighted by Gasteiger charge is 2.18. The third-order valence-corrected chi connectivity index (χ3v) is 5.50. The number of imidazole rings is 1. The Bertz CT molecular complexity index is 1040. The van der Waals surface area contributed by atoms with Gasteiger partial charge in [0.25, 0.3) is 5.56 Å². The van der Waals surface area contributed by atoms with Gasteiger partial charge >= 0.3 is 5.69 Å². The summed E-state index contributed by atoms with van der Waals surface area (Å²) in [6.07, 6.45) is 3.47. The number of rotatable bonds is 7. The molecule has 9 heteroatoms. The number of pyridine rings is 1. The number of thioether (sulfide) groups is 1. The Morgan fingerprint density at radius 1 is 1.27 bits per heavy atom. The van der Waals surface area contributed by atoms with Crippen LogP contribution in [0.3, 0.4) is 0 Å². The SMILES string of the molecule is CCCCn1c(=O)[nH]c(=O)c2c1nc(CSc1ncccc1Cl)n2CC. The van der Waals surface area contributed by atoms with E-state index >= 15 is 0 Å². The minimum Gasteiger partial charge on any atom is -0.322 e. The van der Waals surface area contributed by atoms with Gasteiger partial charge in [0.2, 0.25) is 0 Å². The minimum atomic E-state index is -0.413. The Kier molecular flexibility index (Phi) is 5.83. The zero-order valence-electron chi connectivity index (χ0n) is 14.7. The Balaban J connectivity index is 2.05. The van der Waals surface area contributed by atoms with Crippen LogP contribution >= 0.6 is 23.4 Å². The number of aryl methyl sites for hydroxylation is 2. The number of hydrogen-bond acceptors (Lipinski definition) is 5. The molecule has 0 spiro atoms. The summed E-state index contributed by atoms with van der Waals surface area (Å²) in [4.78, 5) is 35.9. The second kappa shape index (κ2) is 8.09. The summed E-state index contributed by atoms with van der Waals surface area (Å²) < 4.78 is 3.40. The number of unbranched alkanes of at least 4 members (excludes halogenated alkanes) is 1. The van der Waals surface area contributed by atoms with E-state index in [-0.39, 0.29) is 0 Å². The Morgan fingerprint density at radius 2 is 2.08 bits per heavy atom. The maximum Gasteiger partial charge on any atom is 0.330 e. The Hall–Kier alpha value is -2.06. The van der Waals surface area contributed by atoms with Gasteiger partial charge in [-0.05, 0) is 25.5 Å². The first-order chi connectivity index (χ1) is 12.6. The van der Waals surface area contributed by atoms with Crippen LogP contribution in [0.15, 0.2) is 32.9 Å². The molecule has 0 aromatic carbocycles. The summed E-state index contributed by atoms with van der Waals surface area (Å²) in [6, 6.07) is 3.56. The number of nitrogens with one attached hydrogen (secondary N) is 1. The van der Waals surface area contributed by atoms with Crippen LogP contribution in [0.1, 0.15) is 32.5 Å². The molecule has 3 aromatic rings. The molecule has 3 heterocycles. The zero-order valence-corrected chi connectivity index (χ0v) is 16.2. The van der Waals surface area contributed by atoms with Crippen LogP contribution in [0.25, 0.3) is 11.2 Å². The van der Waals surface area contributed by atoms with Crippen LogP contribution in [-0.4, -0.2) is 24.1 Å². The fourth-order valence-electron chi connectivity index (χ4n) is 2.80. The first-order valence-electron chi connectivity index (χ1n) is 8.52. The molecular formula is C17H20ClN5O2S. The number of nitrogens with zero attached hydrogens (tertiary/aromatic N) is 4. The van der Waals surface area contributed by atoms with Gasteiger partial charge in [-0.2, -0.15) is 0 Å². The highest BCUT2D eigenvalue weighted by Crippen LogP contribution is 2.27. The number of halogens is 1. The van der Waals surface area contributed by atoms with Crippen LogP contribution in [0, 0.1) is 0 Å². The van der Waals surface area contributed by atoms with E-state index in [0.717, 1.165) is 18.7 Å². The van der Waals surface area contributed by atoms with Crippen molar-refractivity contribution >= 4 is 34.5 Å². The van der Waals surface area contributed by atoms with Crippen molar-refractivity contribution in [2.45, 2.75) is 50.6 Å². The normalized spacial score (nSPS) is 11.3. The average Bonchev–Trinajstić information content (AvgIpc) is 2.99. The monoisotopic (exact) mass is 393 g/mol. The lowest BCUT2D eigenvalue weighted by Crippen LogP contribution is -2.31. The predicted octanol–water partition coefficient (Wildman–Crippen LogP) is 3.05. The fraction of sp³-hybridized carbons (Fsp3) is 0.412. The van der Waals surface area contributed by atoms with E-state index in [9.17, 15) is 9.59 Å². The molecule has 3 rings (SSSR count). The lowest BCUT2D eigenvalue weighted by molar-refractivity contribution is 0.613. The maximum absolute atomic E-state index is 12.4. The maximum atomic E-state index is 12.4. The zero-order chi connectivity index (χ0) is 18.7. The van der Waals surface area contributed by atoms with Crippen molar-refractivity contribution in [3.8, 4) is 0 Å². The number of fused-ring (bicyclic) bond motifs is 1. The van der Waals surface area contributed by atoms with Crippen molar-refractivity contribution in [3.63, 3.8) is 0 Å². The number of aromatic nitrogens is 5. The topological polar surface area (TPSA) is 85.6 Å². The highest BCUT2D eigenvalue weighted by molar-refractivity contribution is 7.98. The molecule has 0 radical (unpaired) electrons. The third kappa shape index (κ3) is 3.57. The van der Waals surface area contributed by atoms with Crippen LogP contribution in [0.5, 0.6) is 0 Å². The van der Waals surface area contributed by atoms with Crippen LogP contribution in [0.2, 0.25) is 5.02 Å². The van der Waals surface area contributed by atoms with Crippen molar-refractivity contribution in [1.82, 2.24) is 24.1 Å². The summed E-state index contributed by atoms with van der Waals surface area (Å²) in [7, 11) is 0. The quantitative estimate of drug-likeness (QED) is 0.623. The molecule has 0 saturated heterocycles. The van der Waals surface area contributed by atoms with Gasteiger partial charge < -0.3 is 4.57 Å². The van der Waals surface area contributed by atoms with Crippen molar-refractivity contribution in [1.29, 1.82) is 0 Å². The molecule has 0 aliphatic rings. The van der Waals surface area contributed by atoms with E-state index in [1.807, 2.05) is 11.5 Å². The van der Waals surface area contributed by atoms with E-state index in [2.05, 4.69) is 21.9 Å². The molecule has 3 aromatic heterocycles. The summed E-state index contributed by atoms with van der Waals surface area (Å²) in [6.45, 7) is 5.11. The summed E-state index contributed by atoms with van der Waals surface area (Å²) in [5.74, 6) is 1.22. The lowest BCUT2D eigenvalue weighted by atomic mass is 10.3. The summed E-state index contributed by atoms with van der Waals surface area (Å²) in [5.41, 5.74) is 0.0607. The average molecular weight is 394 g/mol. The van der Waals surface area contributed by atoms with E-state index in [0.29, 0.717) is 40.1 Å². The largest absolute Gasteiger partial charge is 0.330 e. The molecule has 0 saturated carbocycles. The number of aromatic amines is 1. The Labute approximate surface area is 159 Å². The molecule has 0 bridgehead atoms. The standard InChI is InChI=1S/C17H20ClN5O2S/c1-3-5-9-23-14-13(15(24)21-17(23)25)22(4-2)12(20-14)10-26-16-11(18)7-6-8-19-16/h6-8H,3-5,9-10H2,1-2H3,(H,21,24,25). The molecule has 0 aliphatic carbocycles. The van der Waals surface area contributed by atoms with Gasteiger partial charge in [-0.1, -0.05) is 36.7 Å². The van der Waals surface area contributed by atoms with Crippen molar-refractivity contribution in [2.24, 2.45) is 0 Å². The molecular weight excluding hydrogens is 374 g/mol. The molecule has 0 unspecified atom stereocenters. The minimum absolute atomic E-state index is 0.404. The first kappa shape index (κ1) is 18.7. The van der Waals surface area contributed by atoms with Gasteiger partial charge in [0.05, 0.1) is 10.8 Å². The van der Waals surface area contributed by atoms with Gasteiger partial charge in [0.1, 0.15) is 10.9 Å². The van der Waals surface area contributed by atoms with Gasteiger partial charge in [0.15, 0.2) is 11.2 Å². The van der Waals surface area contributed by atoms with Crippen molar-refractivity contribution in [3.05, 3.63) is 50.0 Å². The second-order valence-corrected chi connectivity index (χ2v) is 7.16. The van der Waals surface area contributed by atoms with Crippen LogP contribution in [0.4, 0.5) is 0 Å². The van der Waals surface area contributed by atoms with Crippen LogP contribution < -0.4 is 11.2 Å². The van der Waals surface area contributed by atoms with Crippen LogP contribution in [-0.2, 0) is 18.8 Å². The predicted molar refractivity (Wildman–Crippen MR) is 104 cm³/mol. The molecule has 138 valence electrons. The van der Waals surface area contributed by atoms with Gasteiger partial charge in [-0.3, -0.25) is 14.3 Å². The lowest BCUT2D eigenvalue weighted by Gasteiger charge is -2.06. The smallest absolute Gasteiger partial charge is 0.322 e. The van der Waals surface area contributed by atoms with Gasteiger partial charge in [0, 0.05) is 19.3 Å².